The van der Waals surface area contributed by atoms with Gasteiger partial charge in [-0.25, -0.2) is 0 Å². The lowest BCUT2D eigenvalue weighted by Gasteiger charge is -2.31. The summed E-state index contributed by atoms with van der Waals surface area (Å²) >= 11 is 0. The molecular formula is C41H55N3O4S. The topological polar surface area (TPSA) is 105 Å². The Balaban J connectivity index is 1.41. The number of nitrogens with zero attached hydrogens (tertiary/aromatic N) is 1. The molecule has 1 aliphatic heterocycles. The number of nitrogen functional groups attached to an aromatic ring is 1. The first-order valence-electron chi connectivity index (χ1n) is 17.9. The molecule has 1 unspecified atom stereocenters. The van der Waals surface area contributed by atoms with Gasteiger partial charge in [0.15, 0.2) is 0 Å². The highest BCUT2D eigenvalue weighted by atomic mass is 32.2. The Labute approximate surface area is 294 Å². The van der Waals surface area contributed by atoms with E-state index >= 15 is 0 Å². The Kier molecular flexibility index (Phi) is 11.5. The Morgan fingerprint density at radius 2 is 1.80 bits per heavy atom. The maximum Gasteiger partial charge on any atom is 0.264 e. The van der Waals surface area contributed by atoms with Crippen LogP contribution in [0, 0.1) is 5.92 Å². The van der Waals surface area contributed by atoms with E-state index in [9.17, 15) is 13.0 Å². The van der Waals surface area contributed by atoms with Crippen LogP contribution in [-0.4, -0.2) is 31.8 Å². The number of benzene rings is 3. The van der Waals surface area contributed by atoms with Crippen molar-refractivity contribution in [2.24, 2.45) is 5.92 Å². The molecule has 0 radical (unpaired) electrons. The summed E-state index contributed by atoms with van der Waals surface area (Å²) in [5.74, 6) is 1.92. The molecule has 0 fully saturated rings. The third-order valence-corrected chi connectivity index (χ3v) is 11.1. The zero-order valence-corrected chi connectivity index (χ0v) is 30.8. The van der Waals surface area contributed by atoms with Gasteiger partial charge in [-0.2, -0.15) is 8.42 Å². The van der Waals surface area contributed by atoms with Crippen LogP contribution in [0.4, 0.5) is 17.1 Å². The summed E-state index contributed by atoms with van der Waals surface area (Å²) < 4.78 is 39.4. The van der Waals surface area contributed by atoms with Gasteiger partial charge in [-0.1, -0.05) is 70.2 Å². The molecule has 264 valence electrons. The first-order valence-corrected chi connectivity index (χ1v) is 19.5. The highest BCUT2D eigenvalue weighted by Gasteiger charge is 2.40. The molecule has 0 saturated carbocycles. The van der Waals surface area contributed by atoms with Gasteiger partial charge in [-0.3, -0.25) is 4.55 Å². The van der Waals surface area contributed by atoms with E-state index in [1.807, 2.05) is 48.5 Å². The van der Waals surface area contributed by atoms with E-state index in [1.165, 1.54) is 16.8 Å². The minimum Gasteiger partial charge on any atom is -0.461 e. The van der Waals surface area contributed by atoms with E-state index in [4.69, 9.17) is 10.5 Å². The van der Waals surface area contributed by atoms with Crippen LogP contribution in [0.5, 0.6) is 5.75 Å². The molecule has 5 rings (SSSR count). The SMILES string of the molecule is CCNc1ccccc1C(C)(C)CCCC1=C(Oc2ccccc2)C(C/C=C2/N(CCCS(=O)(=O)O)c3ccc(N)cc3C2(C)C)CCC1. The normalized spacial score (nSPS) is 18.5. The monoisotopic (exact) mass is 685 g/mol. The molecule has 0 spiro atoms. The minimum absolute atomic E-state index is 0.0313. The highest BCUT2D eigenvalue weighted by molar-refractivity contribution is 7.85. The van der Waals surface area contributed by atoms with Gasteiger partial charge in [-0.05, 0) is 117 Å². The zero-order chi connectivity index (χ0) is 35.2. The number of para-hydroxylation sites is 2. The highest BCUT2D eigenvalue weighted by Crippen LogP contribution is 2.49. The maximum absolute atomic E-state index is 11.6. The van der Waals surface area contributed by atoms with Crippen LogP contribution in [0.2, 0.25) is 0 Å². The summed E-state index contributed by atoms with van der Waals surface area (Å²) in [6, 6.07) is 24.8. The second kappa shape index (κ2) is 15.4. The molecule has 3 aromatic carbocycles. The van der Waals surface area contributed by atoms with E-state index in [0.29, 0.717) is 18.7 Å². The number of nitrogens with one attached hydrogen (secondary N) is 1. The number of hydrogen-bond acceptors (Lipinski definition) is 6. The first-order chi connectivity index (χ1) is 23.3. The summed E-state index contributed by atoms with van der Waals surface area (Å²) in [4.78, 5) is 2.22. The summed E-state index contributed by atoms with van der Waals surface area (Å²) in [7, 11) is -4.05. The van der Waals surface area contributed by atoms with E-state index < -0.39 is 10.1 Å². The standard InChI is InChI=1S/C41H55N3O4S/c1-6-43-36-21-11-10-20-34(36)40(2,3)26-13-17-30-15-12-16-31(39(30)48-33-18-8-7-9-19-33)22-25-38-41(4,5)35-29-32(42)23-24-37(35)44(38)27-14-28-49(45,46)47/h7-11,18-21,23-25,29,31,43H,6,12-17,22,26-28,42H2,1-5H3,(H,45,46,47)/b38-25+. The molecule has 0 amide bonds. The fraction of sp³-hybridized carbons (Fsp3) is 0.463. The Bertz CT molecular complexity index is 1760. The zero-order valence-electron chi connectivity index (χ0n) is 30.0. The molecule has 2 aliphatic rings. The molecule has 0 aromatic heterocycles. The second-order valence-electron chi connectivity index (χ2n) is 14.8. The van der Waals surface area contributed by atoms with Crippen molar-refractivity contribution < 1.29 is 17.7 Å². The molecule has 49 heavy (non-hydrogen) atoms. The summed E-state index contributed by atoms with van der Waals surface area (Å²) in [5, 5.41) is 3.55. The Hall–Kier alpha value is -3.75. The summed E-state index contributed by atoms with van der Waals surface area (Å²) in [6.45, 7) is 12.6. The molecule has 1 atom stereocenters. The average molecular weight is 686 g/mol. The van der Waals surface area contributed by atoms with Crippen molar-refractivity contribution in [3.05, 3.63) is 107 Å². The van der Waals surface area contributed by atoms with Crippen molar-refractivity contribution in [2.75, 3.05) is 34.8 Å². The van der Waals surface area contributed by atoms with Crippen molar-refractivity contribution in [2.45, 2.75) is 96.8 Å². The first kappa shape index (κ1) is 36.5. The van der Waals surface area contributed by atoms with E-state index in [2.05, 4.69) is 75.2 Å². The lowest BCUT2D eigenvalue weighted by Crippen LogP contribution is -2.28. The number of anilines is 3. The molecule has 0 saturated heterocycles. The van der Waals surface area contributed by atoms with Crippen molar-refractivity contribution >= 4 is 27.2 Å². The third kappa shape index (κ3) is 8.89. The quantitative estimate of drug-likeness (QED) is 0.108. The molecule has 3 aromatic rings. The third-order valence-electron chi connectivity index (χ3n) is 10.3. The van der Waals surface area contributed by atoms with Crippen molar-refractivity contribution in [1.29, 1.82) is 0 Å². The van der Waals surface area contributed by atoms with Crippen LogP contribution in [0.25, 0.3) is 0 Å². The largest absolute Gasteiger partial charge is 0.461 e. The van der Waals surface area contributed by atoms with Gasteiger partial charge >= 0.3 is 0 Å². The number of rotatable bonds is 15. The van der Waals surface area contributed by atoms with Crippen molar-refractivity contribution in [1.82, 2.24) is 0 Å². The van der Waals surface area contributed by atoms with Gasteiger partial charge in [0.25, 0.3) is 10.1 Å². The van der Waals surface area contributed by atoms with Crippen LogP contribution in [-0.2, 0) is 20.9 Å². The molecule has 1 heterocycles. The van der Waals surface area contributed by atoms with Crippen LogP contribution < -0.4 is 20.7 Å². The van der Waals surface area contributed by atoms with Gasteiger partial charge in [0.05, 0.1) is 5.75 Å². The lowest BCUT2D eigenvalue weighted by molar-refractivity contribution is 0.301. The molecule has 4 N–H and O–H groups in total. The van der Waals surface area contributed by atoms with Crippen molar-refractivity contribution in [3.63, 3.8) is 0 Å². The van der Waals surface area contributed by atoms with Gasteiger partial charge in [0, 0.05) is 47.2 Å². The Morgan fingerprint density at radius 3 is 2.53 bits per heavy atom. The van der Waals surface area contributed by atoms with Crippen LogP contribution >= 0.6 is 0 Å². The van der Waals surface area contributed by atoms with Gasteiger partial charge in [0.2, 0.25) is 0 Å². The molecule has 0 bridgehead atoms. The van der Waals surface area contributed by atoms with Crippen molar-refractivity contribution in [3.8, 4) is 5.75 Å². The van der Waals surface area contributed by atoms with Gasteiger partial charge in [0.1, 0.15) is 11.5 Å². The van der Waals surface area contributed by atoms with Gasteiger partial charge in [-0.15, -0.1) is 0 Å². The van der Waals surface area contributed by atoms with E-state index in [0.717, 1.165) is 79.9 Å². The number of ether oxygens (including phenoxy) is 1. The van der Waals surface area contributed by atoms with Gasteiger partial charge < -0.3 is 20.7 Å². The predicted octanol–water partition coefficient (Wildman–Crippen LogP) is 9.63. The van der Waals surface area contributed by atoms with E-state index in [1.54, 1.807) is 0 Å². The summed E-state index contributed by atoms with van der Waals surface area (Å²) in [6.07, 6.45) is 9.82. The molecular weight excluding hydrogens is 631 g/mol. The molecule has 8 heteroatoms. The van der Waals surface area contributed by atoms with Crippen LogP contribution in [0.3, 0.4) is 0 Å². The second-order valence-corrected chi connectivity index (χ2v) is 16.4. The summed E-state index contributed by atoms with van der Waals surface area (Å²) in [5.41, 5.74) is 14.0. The molecule has 1 aliphatic carbocycles. The lowest BCUT2D eigenvalue weighted by atomic mass is 9.77. The number of fused-ring (bicyclic) bond motifs is 1. The fourth-order valence-electron chi connectivity index (χ4n) is 7.81. The predicted molar refractivity (Wildman–Crippen MR) is 204 cm³/mol. The van der Waals surface area contributed by atoms with E-state index in [-0.39, 0.29) is 22.5 Å². The van der Waals surface area contributed by atoms with Crippen LogP contribution in [0.1, 0.15) is 97.1 Å². The maximum atomic E-state index is 11.6. The number of hydrogen-bond donors (Lipinski definition) is 3. The number of allylic oxidation sites excluding steroid dienone is 4. The average Bonchev–Trinajstić information content (AvgIpc) is 3.25. The smallest absolute Gasteiger partial charge is 0.264 e. The number of nitrogens with two attached hydrogens (primary N) is 1. The molecule has 7 nitrogen and oxygen atoms in total. The minimum atomic E-state index is -4.05. The van der Waals surface area contributed by atoms with Crippen LogP contribution in [0.15, 0.2) is 95.9 Å². The Morgan fingerprint density at radius 1 is 1.06 bits per heavy atom. The fourth-order valence-corrected chi connectivity index (χ4v) is 8.30.